The van der Waals surface area contributed by atoms with E-state index in [-0.39, 0.29) is 31.5 Å². The highest BCUT2D eigenvalue weighted by Gasteiger charge is 2.29. The number of carbonyl (C=O) groups excluding carboxylic acids is 2. The fraction of sp³-hybridized carbons (Fsp3) is 0.444. The minimum atomic E-state index is -0.916. The Hall–Kier alpha value is -3.01. The van der Waals surface area contributed by atoms with Crippen molar-refractivity contribution in [2.24, 2.45) is 0 Å². The highest BCUT2D eigenvalue weighted by atomic mass is 35.5. The SMILES string of the molecule is CCCN(Cc1ccc(OCCN2C(=O)CCN(C)C2=O)c(OC)c1)C(CC(=O)O)c1ccc(Cl)c(Cl)c1. The Bertz CT molecular complexity index is 1160. The number of hydrogen-bond acceptors (Lipinski definition) is 6. The second-order valence-electron chi connectivity index (χ2n) is 9.09. The van der Waals surface area contributed by atoms with E-state index >= 15 is 0 Å². The molecular formula is C27H33Cl2N3O6. The van der Waals surface area contributed by atoms with Crippen LogP contribution in [0.5, 0.6) is 11.5 Å². The number of methoxy groups -OCH3 is 1. The lowest BCUT2D eigenvalue weighted by atomic mass is 10.0. The minimum Gasteiger partial charge on any atom is -0.493 e. The molecule has 1 unspecified atom stereocenters. The minimum absolute atomic E-state index is 0.0978. The van der Waals surface area contributed by atoms with Crippen molar-refractivity contribution in [3.05, 3.63) is 57.6 Å². The zero-order valence-corrected chi connectivity index (χ0v) is 23.3. The molecule has 2 aromatic rings. The number of imide groups is 1. The smallest absolute Gasteiger partial charge is 0.326 e. The number of hydrogen-bond donors (Lipinski definition) is 1. The first-order valence-electron chi connectivity index (χ1n) is 12.4. The molecule has 1 N–H and O–H groups in total. The van der Waals surface area contributed by atoms with E-state index in [9.17, 15) is 19.5 Å². The number of halogens is 2. The number of aliphatic carboxylic acids is 1. The molecule has 206 valence electrons. The Kier molecular flexibility index (Phi) is 10.6. The summed E-state index contributed by atoms with van der Waals surface area (Å²) in [6.07, 6.45) is 1.01. The van der Waals surface area contributed by atoms with Crippen LogP contribution in [0.2, 0.25) is 10.0 Å². The Balaban J connectivity index is 1.75. The summed E-state index contributed by atoms with van der Waals surface area (Å²) in [6, 6.07) is 9.95. The molecule has 0 bridgehead atoms. The van der Waals surface area contributed by atoms with Crippen LogP contribution in [0, 0.1) is 0 Å². The maximum Gasteiger partial charge on any atom is 0.326 e. The van der Waals surface area contributed by atoms with Crippen LogP contribution in [-0.4, -0.2) is 78.1 Å². The van der Waals surface area contributed by atoms with Gasteiger partial charge >= 0.3 is 12.0 Å². The number of benzene rings is 2. The van der Waals surface area contributed by atoms with Crippen LogP contribution in [0.4, 0.5) is 4.79 Å². The monoisotopic (exact) mass is 565 g/mol. The van der Waals surface area contributed by atoms with E-state index < -0.39 is 12.0 Å². The number of rotatable bonds is 13. The number of carboxylic acid groups (broad SMARTS) is 1. The maximum atomic E-state index is 12.3. The van der Waals surface area contributed by atoms with Crippen LogP contribution < -0.4 is 9.47 Å². The van der Waals surface area contributed by atoms with Crippen LogP contribution in [0.1, 0.15) is 43.4 Å². The predicted molar refractivity (Wildman–Crippen MR) is 145 cm³/mol. The van der Waals surface area contributed by atoms with Crippen LogP contribution >= 0.6 is 23.2 Å². The molecule has 1 atom stereocenters. The average Bonchev–Trinajstić information content (AvgIpc) is 2.88. The van der Waals surface area contributed by atoms with E-state index in [1.54, 1.807) is 31.3 Å². The van der Waals surface area contributed by atoms with Gasteiger partial charge in [0.25, 0.3) is 0 Å². The zero-order chi connectivity index (χ0) is 27.8. The second kappa shape index (κ2) is 13.7. The summed E-state index contributed by atoms with van der Waals surface area (Å²) in [4.78, 5) is 40.9. The first-order valence-corrected chi connectivity index (χ1v) is 13.2. The number of ether oxygens (including phenoxy) is 2. The summed E-state index contributed by atoms with van der Waals surface area (Å²) in [6.45, 7) is 3.83. The largest absolute Gasteiger partial charge is 0.493 e. The average molecular weight is 566 g/mol. The third-order valence-electron chi connectivity index (χ3n) is 6.35. The molecule has 0 aliphatic carbocycles. The molecule has 38 heavy (non-hydrogen) atoms. The number of carboxylic acids is 1. The van der Waals surface area contributed by atoms with Crippen LogP contribution in [0.3, 0.4) is 0 Å². The number of urea groups is 1. The molecule has 3 rings (SSSR count). The molecule has 0 radical (unpaired) electrons. The summed E-state index contributed by atoms with van der Waals surface area (Å²) in [5, 5.41) is 10.4. The fourth-order valence-corrected chi connectivity index (χ4v) is 4.72. The van der Waals surface area contributed by atoms with Crippen molar-refractivity contribution in [3.63, 3.8) is 0 Å². The molecule has 3 amide bonds. The van der Waals surface area contributed by atoms with Gasteiger partial charge in [-0.05, 0) is 48.4 Å². The molecule has 0 saturated carbocycles. The number of amides is 3. The van der Waals surface area contributed by atoms with Gasteiger partial charge in [-0.1, -0.05) is 42.3 Å². The topological polar surface area (TPSA) is 99.6 Å². The standard InChI is InChI=1S/C27H33Cl2N3O6/c1-4-10-31(22(16-26(34)35)19-6-7-20(28)21(29)15-19)17-18-5-8-23(24(14-18)37-3)38-13-12-32-25(33)9-11-30(2)27(32)36/h5-8,14-15,22H,4,9-13,16-17H2,1-3H3,(H,34,35). The van der Waals surface area contributed by atoms with Crippen molar-refractivity contribution in [2.75, 3.05) is 40.4 Å². The van der Waals surface area contributed by atoms with Gasteiger partial charge in [-0.2, -0.15) is 0 Å². The normalized spacial score (nSPS) is 14.7. The van der Waals surface area contributed by atoms with E-state index in [0.717, 1.165) is 17.5 Å². The maximum absolute atomic E-state index is 12.3. The molecule has 1 heterocycles. The van der Waals surface area contributed by atoms with Gasteiger partial charge in [0.15, 0.2) is 11.5 Å². The molecule has 2 aromatic carbocycles. The van der Waals surface area contributed by atoms with Crippen molar-refractivity contribution < 1.29 is 29.0 Å². The van der Waals surface area contributed by atoms with E-state index in [2.05, 4.69) is 4.90 Å². The lowest BCUT2D eigenvalue weighted by molar-refractivity contribution is -0.138. The summed E-state index contributed by atoms with van der Waals surface area (Å²) in [5.74, 6) is -0.153. The van der Waals surface area contributed by atoms with Crippen LogP contribution in [0.25, 0.3) is 0 Å². The lowest BCUT2D eigenvalue weighted by Crippen LogP contribution is -2.51. The van der Waals surface area contributed by atoms with Gasteiger partial charge in [0.2, 0.25) is 5.91 Å². The van der Waals surface area contributed by atoms with E-state index in [1.165, 1.54) is 16.9 Å². The van der Waals surface area contributed by atoms with Crippen molar-refractivity contribution in [1.82, 2.24) is 14.7 Å². The van der Waals surface area contributed by atoms with Crippen LogP contribution in [0.15, 0.2) is 36.4 Å². The van der Waals surface area contributed by atoms with Crippen LogP contribution in [-0.2, 0) is 16.1 Å². The van der Waals surface area contributed by atoms with E-state index in [1.807, 2.05) is 19.1 Å². The first-order chi connectivity index (χ1) is 18.1. The predicted octanol–water partition coefficient (Wildman–Crippen LogP) is 5.09. The summed E-state index contributed by atoms with van der Waals surface area (Å²) in [5.41, 5.74) is 1.68. The number of carbonyl (C=O) groups is 3. The Morgan fingerprint density at radius 2 is 1.89 bits per heavy atom. The number of nitrogens with zero attached hydrogens (tertiary/aromatic N) is 3. The summed E-state index contributed by atoms with van der Waals surface area (Å²) >= 11 is 12.3. The van der Waals surface area contributed by atoms with Gasteiger partial charge in [0, 0.05) is 32.6 Å². The van der Waals surface area contributed by atoms with Gasteiger partial charge in [0.1, 0.15) is 6.61 Å². The van der Waals surface area contributed by atoms with Gasteiger partial charge < -0.3 is 19.5 Å². The van der Waals surface area contributed by atoms with Crippen molar-refractivity contribution >= 4 is 41.1 Å². The zero-order valence-electron chi connectivity index (χ0n) is 21.8. The van der Waals surface area contributed by atoms with Gasteiger partial charge in [-0.25, -0.2) is 4.79 Å². The first kappa shape index (κ1) is 29.5. The highest BCUT2D eigenvalue weighted by molar-refractivity contribution is 6.42. The molecule has 0 aromatic heterocycles. The fourth-order valence-electron chi connectivity index (χ4n) is 4.41. The Morgan fingerprint density at radius 3 is 2.55 bits per heavy atom. The Morgan fingerprint density at radius 1 is 1.13 bits per heavy atom. The molecule has 9 nitrogen and oxygen atoms in total. The van der Waals surface area contributed by atoms with Crippen molar-refractivity contribution in [3.8, 4) is 11.5 Å². The lowest BCUT2D eigenvalue weighted by Gasteiger charge is -2.32. The summed E-state index contributed by atoms with van der Waals surface area (Å²) in [7, 11) is 3.19. The molecule has 0 spiro atoms. The molecule has 1 fully saturated rings. The van der Waals surface area contributed by atoms with E-state index in [0.29, 0.717) is 47.6 Å². The molecule has 11 heteroatoms. The van der Waals surface area contributed by atoms with Crippen molar-refractivity contribution in [1.29, 1.82) is 0 Å². The van der Waals surface area contributed by atoms with Gasteiger partial charge in [-0.3, -0.25) is 19.4 Å². The van der Waals surface area contributed by atoms with Gasteiger partial charge in [-0.15, -0.1) is 0 Å². The molecular weight excluding hydrogens is 533 g/mol. The second-order valence-corrected chi connectivity index (χ2v) is 9.91. The van der Waals surface area contributed by atoms with E-state index in [4.69, 9.17) is 32.7 Å². The third-order valence-corrected chi connectivity index (χ3v) is 7.09. The van der Waals surface area contributed by atoms with Crippen molar-refractivity contribution in [2.45, 2.75) is 38.8 Å². The molecule has 1 aliphatic rings. The van der Waals surface area contributed by atoms with Gasteiger partial charge in [0.05, 0.1) is 30.1 Å². The molecule has 1 aliphatic heterocycles. The Labute approximate surface area is 232 Å². The third kappa shape index (κ3) is 7.52. The summed E-state index contributed by atoms with van der Waals surface area (Å²) < 4.78 is 11.4. The highest BCUT2D eigenvalue weighted by Crippen LogP contribution is 2.33. The molecule has 1 saturated heterocycles. The quantitative estimate of drug-likeness (QED) is 0.361.